The predicted octanol–water partition coefficient (Wildman–Crippen LogP) is 3.41. The lowest BCUT2D eigenvalue weighted by atomic mass is 10.1. The Balaban J connectivity index is 1.59. The zero-order valence-electron chi connectivity index (χ0n) is 15.6. The van der Waals surface area contributed by atoms with Crippen LogP contribution < -0.4 is 14.8 Å². The molecule has 2 atom stereocenters. The van der Waals surface area contributed by atoms with E-state index >= 15 is 0 Å². The Morgan fingerprint density at radius 3 is 2.33 bits per heavy atom. The summed E-state index contributed by atoms with van der Waals surface area (Å²) < 4.78 is 22.0. The van der Waals surface area contributed by atoms with Crippen LogP contribution in [0.3, 0.4) is 0 Å². The summed E-state index contributed by atoms with van der Waals surface area (Å²) >= 11 is 0. The van der Waals surface area contributed by atoms with E-state index in [-0.39, 0.29) is 18.1 Å². The summed E-state index contributed by atoms with van der Waals surface area (Å²) in [6.07, 6.45) is 0.639. The SMILES string of the molecule is CCOC1COCCC1NC(=O)c1ccc(Oc2ccc(OC)cc2)cc1. The number of hydrogen-bond acceptors (Lipinski definition) is 5. The third-order valence-electron chi connectivity index (χ3n) is 4.41. The lowest BCUT2D eigenvalue weighted by molar-refractivity contribution is -0.0632. The van der Waals surface area contributed by atoms with Crippen molar-refractivity contribution in [3.63, 3.8) is 0 Å². The number of methoxy groups -OCH3 is 1. The number of carbonyl (C=O) groups is 1. The van der Waals surface area contributed by atoms with Gasteiger partial charge in [0.1, 0.15) is 23.4 Å². The molecular formula is C21H25NO5. The van der Waals surface area contributed by atoms with E-state index in [4.69, 9.17) is 18.9 Å². The highest BCUT2D eigenvalue weighted by atomic mass is 16.5. The summed E-state index contributed by atoms with van der Waals surface area (Å²) in [5, 5.41) is 3.05. The first-order valence-corrected chi connectivity index (χ1v) is 9.11. The van der Waals surface area contributed by atoms with Crippen molar-refractivity contribution in [3.8, 4) is 17.2 Å². The van der Waals surface area contributed by atoms with Crippen molar-refractivity contribution < 1.29 is 23.7 Å². The quantitative estimate of drug-likeness (QED) is 0.808. The zero-order valence-corrected chi connectivity index (χ0v) is 15.6. The van der Waals surface area contributed by atoms with Crippen molar-refractivity contribution in [1.82, 2.24) is 5.32 Å². The molecule has 1 N–H and O–H groups in total. The van der Waals surface area contributed by atoms with E-state index in [9.17, 15) is 4.79 Å². The van der Waals surface area contributed by atoms with Gasteiger partial charge in [-0.15, -0.1) is 0 Å². The Bertz CT molecular complexity index is 727. The van der Waals surface area contributed by atoms with Gasteiger partial charge in [-0.2, -0.15) is 0 Å². The summed E-state index contributed by atoms with van der Waals surface area (Å²) in [7, 11) is 1.62. The average Bonchev–Trinajstić information content (AvgIpc) is 2.71. The number of hydrogen-bond donors (Lipinski definition) is 1. The van der Waals surface area contributed by atoms with Crippen molar-refractivity contribution in [3.05, 3.63) is 54.1 Å². The minimum absolute atomic E-state index is 0.0403. The molecule has 2 aromatic carbocycles. The second kappa shape index (κ2) is 9.39. The van der Waals surface area contributed by atoms with Gasteiger partial charge in [0.15, 0.2) is 0 Å². The molecule has 0 bridgehead atoms. The van der Waals surface area contributed by atoms with Gasteiger partial charge in [0.05, 0.1) is 19.8 Å². The second-order valence-corrected chi connectivity index (χ2v) is 6.24. The minimum atomic E-state index is -0.123. The molecule has 1 aliphatic heterocycles. The fourth-order valence-corrected chi connectivity index (χ4v) is 2.96. The molecular weight excluding hydrogens is 346 g/mol. The Morgan fingerprint density at radius 2 is 1.70 bits per heavy atom. The largest absolute Gasteiger partial charge is 0.497 e. The third kappa shape index (κ3) is 5.21. The molecule has 0 radical (unpaired) electrons. The topological polar surface area (TPSA) is 66.0 Å². The molecule has 0 aliphatic carbocycles. The molecule has 1 saturated heterocycles. The first kappa shape index (κ1) is 19.2. The molecule has 144 valence electrons. The lowest BCUT2D eigenvalue weighted by Gasteiger charge is -2.31. The molecule has 27 heavy (non-hydrogen) atoms. The standard InChI is InChI=1S/C21H25NO5/c1-3-26-20-14-25-13-12-19(20)22-21(23)15-4-6-17(7-5-15)27-18-10-8-16(24-2)9-11-18/h4-11,19-20H,3,12-14H2,1-2H3,(H,22,23). The number of nitrogens with one attached hydrogen (secondary N) is 1. The maximum atomic E-state index is 12.5. The molecule has 0 spiro atoms. The van der Waals surface area contributed by atoms with Crippen molar-refractivity contribution in [2.45, 2.75) is 25.5 Å². The van der Waals surface area contributed by atoms with Gasteiger partial charge in [-0.25, -0.2) is 0 Å². The van der Waals surface area contributed by atoms with Gasteiger partial charge in [0.2, 0.25) is 0 Å². The normalized spacial score (nSPS) is 19.3. The Hall–Kier alpha value is -2.57. The van der Waals surface area contributed by atoms with Crippen LogP contribution in [0.25, 0.3) is 0 Å². The van der Waals surface area contributed by atoms with Crippen LogP contribution in [0.5, 0.6) is 17.2 Å². The van der Waals surface area contributed by atoms with Gasteiger partial charge in [-0.3, -0.25) is 4.79 Å². The van der Waals surface area contributed by atoms with Crippen molar-refractivity contribution in [1.29, 1.82) is 0 Å². The van der Waals surface area contributed by atoms with Gasteiger partial charge < -0.3 is 24.3 Å². The summed E-state index contributed by atoms with van der Waals surface area (Å²) in [4.78, 5) is 12.5. The number of benzene rings is 2. The highest BCUT2D eigenvalue weighted by Gasteiger charge is 2.27. The van der Waals surface area contributed by atoms with E-state index in [2.05, 4.69) is 5.32 Å². The Kier molecular flexibility index (Phi) is 6.68. The molecule has 2 aromatic rings. The van der Waals surface area contributed by atoms with Gasteiger partial charge in [0, 0.05) is 18.8 Å². The number of carbonyl (C=O) groups excluding carboxylic acids is 1. The molecule has 0 saturated carbocycles. The van der Waals surface area contributed by atoms with E-state index in [0.29, 0.717) is 36.9 Å². The Morgan fingerprint density at radius 1 is 1.07 bits per heavy atom. The monoisotopic (exact) mass is 371 g/mol. The molecule has 1 fully saturated rings. The molecule has 6 heteroatoms. The van der Waals surface area contributed by atoms with Crippen LogP contribution in [0.1, 0.15) is 23.7 Å². The maximum Gasteiger partial charge on any atom is 0.251 e. The van der Waals surface area contributed by atoms with Crippen molar-refractivity contribution in [2.75, 3.05) is 26.9 Å². The van der Waals surface area contributed by atoms with Crippen LogP contribution in [0.4, 0.5) is 0 Å². The highest BCUT2D eigenvalue weighted by Crippen LogP contribution is 2.24. The molecule has 1 amide bonds. The molecule has 1 heterocycles. The van der Waals surface area contributed by atoms with Crippen LogP contribution in [0.15, 0.2) is 48.5 Å². The van der Waals surface area contributed by atoms with Gasteiger partial charge >= 0.3 is 0 Å². The molecule has 0 aromatic heterocycles. The van der Waals surface area contributed by atoms with Crippen LogP contribution in [0, 0.1) is 0 Å². The van der Waals surface area contributed by atoms with E-state index in [1.54, 1.807) is 31.4 Å². The molecule has 1 aliphatic rings. The van der Waals surface area contributed by atoms with Crippen molar-refractivity contribution >= 4 is 5.91 Å². The number of rotatable bonds is 7. The lowest BCUT2D eigenvalue weighted by Crippen LogP contribution is -2.50. The minimum Gasteiger partial charge on any atom is -0.497 e. The maximum absolute atomic E-state index is 12.5. The molecule has 2 unspecified atom stereocenters. The molecule has 6 nitrogen and oxygen atoms in total. The average molecular weight is 371 g/mol. The summed E-state index contributed by atoms with van der Waals surface area (Å²) in [5.74, 6) is 2.01. The van der Waals surface area contributed by atoms with E-state index < -0.39 is 0 Å². The Labute approximate surface area is 159 Å². The van der Waals surface area contributed by atoms with E-state index in [1.165, 1.54) is 0 Å². The third-order valence-corrected chi connectivity index (χ3v) is 4.41. The fourth-order valence-electron chi connectivity index (χ4n) is 2.96. The smallest absolute Gasteiger partial charge is 0.251 e. The summed E-state index contributed by atoms with van der Waals surface area (Å²) in [6, 6.07) is 14.4. The van der Waals surface area contributed by atoms with Crippen LogP contribution in [0.2, 0.25) is 0 Å². The number of amides is 1. The highest BCUT2D eigenvalue weighted by molar-refractivity contribution is 5.94. The van der Waals surface area contributed by atoms with Crippen LogP contribution >= 0.6 is 0 Å². The predicted molar refractivity (Wildman–Crippen MR) is 102 cm³/mol. The van der Waals surface area contributed by atoms with Gasteiger partial charge in [-0.1, -0.05) is 0 Å². The van der Waals surface area contributed by atoms with Gasteiger partial charge in [-0.05, 0) is 61.9 Å². The van der Waals surface area contributed by atoms with Crippen molar-refractivity contribution in [2.24, 2.45) is 0 Å². The van der Waals surface area contributed by atoms with Crippen LogP contribution in [-0.4, -0.2) is 45.0 Å². The molecule has 3 rings (SSSR count). The summed E-state index contributed by atoms with van der Waals surface area (Å²) in [6.45, 7) is 3.67. The first-order chi connectivity index (χ1) is 13.2. The first-order valence-electron chi connectivity index (χ1n) is 9.11. The van der Waals surface area contributed by atoms with Crippen LogP contribution in [-0.2, 0) is 9.47 Å². The van der Waals surface area contributed by atoms with Gasteiger partial charge in [0.25, 0.3) is 5.91 Å². The number of ether oxygens (including phenoxy) is 4. The zero-order chi connectivity index (χ0) is 19.1. The summed E-state index contributed by atoms with van der Waals surface area (Å²) in [5.41, 5.74) is 0.582. The van der Waals surface area contributed by atoms with E-state index in [0.717, 1.165) is 12.2 Å². The fraction of sp³-hybridized carbons (Fsp3) is 0.381. The van der Waals surface area contributed by atoms with E-state index in [1.807, 2.05) is 31.2 Å². The second-order valence-electron chi connectivity index (χ2n) is 6.24.